The number of nitrogens with one attached hydrogen (secondary N) is 1. The van der Waals surface area contributed by atoms with Gasteiger partial charge in [0, 0.05) is 28.8 Å². The zero-order chi connectivity index (χ0) is 20.5. The molecule has 0 amide bonds. The average Bonchev–Trinajstić information content (AvgIpc) is 3.34. The van der Waals surface area contributed by atoms with Crippen LogP contribution in [0, 0.1) is 0 Å². The van der Waals surface area contributed by atoms with Crippen molar-refractivity contribution >= 4 is 11.5 Å². The second-order valence-corrected chi connectivity index (χ2v) is 7.44. The molecule has 29 heavy (non-hydrogen) atoms. The third-order valence-electron chi connectivity index (χ3n) is 5.62. The first-order chi connectivity index (χ1) is 14.1. The Labute approximate surface area is 171 Å². The number of nitrogen functional groups attached to an aromatic ring is 1. The number of hydrogen-bond acceptors (Lipinski definition) is 6. The molecule has 1 aliphatic heterocycles. The first-order valence-corrected chi connectivity index (χ1v) is 10.4. The van der Waals surface area contributed by atoms with Crippen LogP contribution in [-0.2, 0) is 0 Å². The smallest absolute Gasteiger partial charge is 0.196 e. The van der Waals surface area contributed by atoms with Gasteiger partial charge >= 0.3 is 0 Å². The second-order valence-electron chi connectivity index (χ2n) is 7.44. The lowest BCUT2D eigenvalue weighted by atomic mass is 10.0. The van der Waals surface area contributed by atoms with Gasteiger partial charge in [-0.3, -0.25) is 4.79 Å². The van der Waals surface area contributed by atoms with Gasteiger partial charge in [0.2, 0.25) is 0 Å². The van der Waals surface area contributed by atoms with E-state index in [1.807, 2.05) is 32.0 Å². The molecule has 154 valence electrons. The van der Waals surface area contributed by atoms with E-state index in [2.05, 4.69) is 12.2 Å². The van der Waals surface area contributed by atoms with Crippen LogP contribution in [0.1, 0.15) is 49.5 Å². The predicted octanol–water partition coefficient (Wildman–Crippen LogP) is 3.80. The van der Waals surface area contributed by atoms with E-state index in [4.69, 9.17) is 19.9 Å². The Balaban J connectivity index is 1.84. The van der Waals surface area contributed by atoms with Crippen LogP contribution in [0.4, 0.5) is 5.69 Å². The molecule has 1 fully saturated rings. The quantitative estimate of drug-likeness (QED) is 0.591. The Hall–Kier alpha value is -2.73. The summed E-state index contributed by atoms with van der Waals surface area (Å²) in [5.74, 6) is 1.63. The fourth-order valence-electron chi connectivity index (χ4n) is 4.28. The van der Waals surface area contributed by atoms with Crippen molar-refractivity contribution in [3.63, 3.8) is 0 Å². The predicted molar refractivity (Wildman–Crippen MR) is 113 cm³/mol. The molecular weight excluding hydrogens is 368 g/mol. The van der Waals surface area contributed by atoms with E-state index in [0.29, 0.717) is 58.9 Å². The van der Waals surface area contributed by atoms with Crippen molar-refractivity contribution in [1.29, 1.82) is 0 Å². The second kappa shape index (κ2) is 7.95. The zero-order valence-electron chi connectivity index (χ0n) is 17.2. The van der Waals surface area contributed by atoms with Crippen molar-refractivity contribution in [1.82, 2.24) is 5.32 Å². The summed E-state index contributed by atoms with van der Waals surface area (Å²) in [5.41, 5.74) is 9.20. The van der Waals surface area contributed by atoms with Gasteiger partial charge in [0.05, 0.1) is 24.5 Å². The number of anilines is 1. The lowest BCUT2D eigenvalue weighted by molar-refractivity contribution is 0.104. The molecule has 1 aliphatic carbocycles. The molecule has 2 atom stereocenters. The Morgan fingerprint density at radius 1 is 1.10 bits per heavy atom. The van der Waals surface area contributed by atoms with Gasteiger partial charge < -0.3 is 25.3 Å². The maximum absolute atomic E-state index is 13.3. The minimum Gasteiger partial charge on any atom is -0.493 e. The van der Waals surface area contributed by atoms with E-state index in [9.17, 15) is 4.79 Å². The molecule has 0 aromatic heterocycles. The topological polar surface area (TPSA) is 82.8 Å². The average molecular weight is 396 g/mol. The SMILES string of the molecule is CCOc1cc(OCC)c2c(c1N)C(=O)c1cccc(OC(C)C3CCCN3)c1-2. The molecule has 0 bridgehead atoms. The molecule has 0 spiro atoms. The molecule has 4 rings (SSSR count). The van der Waals surface area contributed by atoms with Crippen LogP contribution in [0.2, 0.25) is 0 Å². The highest BCUT2D eigenvalue weighted by atomic mass is 16.5. The first-order valence-electron chi connectivity index (χ1n) is 10.4. The Kier molecular flexibility index (Phi) is 5.37. The van der Waals surface area contributed by atoms with E-state index in [-0.39, 0.29) is 11.9 Å². The van der Waals surface area contributed by atoms with Crippen molar-refractivity contribution in [2.75, 3.05) is 25.5 Å². The lowest BCUT2D eigenvalue weighted by Gasteiger charge is -2.23. The van der Waals surface area contributed by atoms with Crippen molar-refractivity contribution in [2.24, 2.45) is 0 Å². The number of hydrogen-bond donors (Lipinski definition) is 2. The van der Waals surface area contributed by atoms with Gasteiger partial charge in [-0.15, -0.1) is 0 Å². The Morgan fingerprint density at radius 2 is 1.86 bits per heavy atom. The number of ether oxygens (including phenoxy) is 3. The van der Waals surface area contributed by atoms with Crippen LogP contribution in [0.15, 0.2) is 24.3 Å². The van der Waals surface area contributed by atoms with Crippen LogP contribution in [0.25, 0.3) is 11.1 Å². The molecule has 0 radical (unpaired) electrons. The highest BCUT2D eigenvalue weighted by molar-refractivity contribution is 6.26. The fraction of sp³-hybridized carbons (Fsp3) is 0.435. The number of carbonyl (C=O) groups is 1. The molecule has 3 N–H and O–H groups in total. The molecule has 1 saturated heterocycles. The summed E-state index contributed by atoms with van der Waals surface area (Å²) in [6, 6.07) is 7.67. The molecule has 2 unspecified atom stereocenters. The highest BCUT2D eigenvalue weighted by Crippen LogP contribution is 2.52. The molecule has 2 aliphatic rings. The molecule has 6 nitrogen and oxygen atoms in total. The molecular formula is C23H28N2O4. The normalized spacial score (nSPS) is 18.3. The van der Waals surface area contributed by atoms with Crippen molar-refractivity contribution < 1.29 is 19.0 Å². The van der Waals surface area contributed by atoms with Gasteiger partial charge in [-0.25, -0.2) is 0 Å². The summed E-state index contributed by atoms with van der Waals surface area (Å²) >= 11 is 0. The van der Waals surface area contributed by atoms with E-state index in [1.165, 1.54) is 0 Å². The minimum absolute atomic E-state index is 0.0151. The van der Waals surface area contributed by atoms with Crippen molar-refractivity contribution in [3.05, 3.63) is 35.4 Å². The summed E-state index contributed by atoms with van der Waals surface area (Å²) in [4.78, 5) is 13.3. The van der Waals surface area contributed by atoms with Crippen LogP contribution in [-0.4, -0.2) is 37.7 Å². The third kappa shape index (κ3) is 3.31. The Morgan fingerprint density at radius 3 is 2.55 bits per heavy atom. The fourth-order valence-corrected chi connectivity index (χ4v) is 4.28. The zero-order valence-corrected chi connectivity index (χ0v) is 17.2. The largest absolute Gasteiger partial charge is 0.493 e. The maximum Gasteiger partial charge on any atom is 0.196 e. The summed E-state index contributed by atoms with van der Waals surface area (Å²) in [5, 5.41) is 3.48. The van der Waals surface area contributed by atoms with Gasteiger partial charge in [0.25, 0.3) is 0 Å². The van der Waals surface area contributed by atoms with E-state index < -0.39 is 0 Å². The monoisotopic (exact) mass is 396 g/mol. The van der Waals surface area contributed by atoms with E-state index in [0.717, 1.165) is 24.9 Å². The number of ketones is 1. The van der Waals surface area contributed by atoms with Gasteiger partial charge in [-0.05, 0) is 46.2 Å². The van der Waals surface area contributed by atoms with E-state index >= 15 is 0 Å². The lowest BCUT2D eigenvalue weighted by Crippen LogP contribution is -2.36. The Bertz CT molecular complexity index is 935. The van der Waals surface area contributed by atoms with Crippen LogP contribution in [0.3, 0.4) is 0 Å². The summed E-state index contributed by atoms with van der Waals surface area (Å²) in [6.45, 7) is 7.80. The highest BCUT2D eigenvalue weighted by Gasteiger charge is 2.36. The molecule has 2 aromatic rings. The number of carbonyl (C=O) groups excluding carboxylic acids is 1. The molecule has 0 saturated carbocycles. The van der Waals surface area contributed by atoms with E-state index in [1.54, 1.807) is 6.07 Å². The number of benzene rings is 2. The summed E-state index contributed by atoms with van der Waals surface area (Å²) in [7, 11) is 0. The first kappa shape index (κ1) is 19.6. The summed E-state index contributed by atoms with van der Waals surface area (Å²) in [6.07, 6.45) is 2.22. The number of fused-ring (bicyclic) bond motifs is 3. The standard InChI is InChI=1S/C23H28N2O4/c1-4-27-17-12-18(28-5-2)22(24)21-20(17)19-14(23(21)26)8-6-10-16(19)29-13(3)15-9-7-11-25-15/h6,8,10,12-13,15,25H,4-5,7,9,11,24H2,1-3H3. The van der Waals surface area contributed by atoms with Crippen LogP contribution in [0.5, 0.6) is 17.2 Å². The van der Waals surface area contributed by atoms with Crippen LogP contribution < -0.4 is 25.3 Å². The maximum atomic E-state index is 13.3. The molecule has 6 heteroatoms. The third-order valence-corrected chi connectivity index (χ3v) is 5.62. The van der Waals surface area contributed by atoms with Crippen molar-refractivity contribution in [3.8, 4) is 28.4 Å². The molecule has 2 aromatic carbocycles. The molecule has 1 heterocycles. The number of rotatable bonds is 7. The summed E-state index contributed by atoms with van der Waals surface area (Å²) < 4.78 is 17.9. The van der Waals surface area contributed by atoms with Gasteiger partial charge in [0.15, 0.2) is 5.78 Å². The van der Waals surface area contributed by atoms with Gasteiger partial charge in [0.1, 0.15) is 23.4 Å². The van der Waals surface area contributed by atoms with Crippen LogP contribution >= 0.6 is 0 Å². The van der Waals surface area contributed by atoms with Gasteiger partial charge in [-0.2, -0.15) is 0 Å². The van der Waals surface area contributed by atoms with Gasteiger partial charge in [-0.1, -0.05) is 12.1 Å². The number of nitrogens with two attached hydrogens (primary N) is 1. The minimum atomic E-state index is -0.118. The van der Waals surface area contributed by atoms with Crippen molar-refractivity contribution in [2.45, 2.75) is 45.8 Å².